The summed E-state index contributed by atoms with van der Waals surface area (Å²) in [6.45, 7) is 14.7. The van der Waals surface area contributed by atoms with E-state index in [2.05, 4.69) is 40.7 Å². The Kier molecular flexibility index (Phi) is 15.8. The minimum absolute atomic E-state index is 0.295. The largest absolute Gasteiger partial charge is 0.494 e. The van der Waals surface area contributed by atoms with Crippen molar-refractivity contribution in [2.24, 2.45) is 0 Å². The number of aryl methyl sites for hydroxylation is 1. The fraction of sp³-hybridized carbons (Fsp3) is 0.824. The quantitative estimate of drug-likeness (QED) is 0.139. The fourth-order valence-electron chi connectivity index (χ4n) is 5.39. The van der Waals surface area contributed by atoms with Crippen molar-refractivity contribution in [3.05, 3.63) is 23.8 Å². The van der Waals surface area contributed by atoms with Gasteiger partial charge in [-0.2, -0.15) is 0 Å². The van der Waals surface area contributed by atoms with Gasteiger partial charge >= 0.3 is 0 Å². The lowest BCUT2D eigenvalue weighted by Gasteiger charge is -2.53. The molecule has 0 aliphatic carbocycles. The van der Waals surface area contributed by atoms with Crippen LogP contribution in [0.25, 0.3) is 0 Å². The highest BCUT2D eigenvalue weighted by atomic mass is 16.7. The van der Waals surface area contributed by atoms with Crippen molar-refractivity contribution in [2.75, 3.05) is 39.6 Å². The molecular formula is C34H58O7. The molecule has 7 nitrogen and oxygen atoms in total. The normalized spacial score (nSPS) is 25.7. The maximum Gasteiger partial charge on any atom is 0.240 e. The standard InChI is InChI=1S/C34H58O7/c1-6-11-20-35-26-30-31(37-22-13-8-3)32(38-23-14-9-4)33(39-24-15-10-5)34(41-30)19-18-27-25-28(36-21-12-7-2)16-17-29(27)40-34/h16-17,25,30-33H,6-15,18-24,26H2,1-5H3/t30-,31-,32+,33+,34+/m1/s1. The first-order valence-corrected chi connectivity index (χ1v) is 16.7. The third-order valence-corrected chi connectivity index (χ3v) is 7.93. The molecule has 0 bridgehead atoms. The van der Waals surface area contributed by atoms with E-state index >= 15 is 0 Å². The highest BCUT2D eigenvalue weighted by molar-refractivity contribution is 5.42. The smallest absolute Gasteiger partial charge is 0.240 e. The van der Waals surface area contributed by atoms with Crippen molar-refractivity contribution in [3.8, 4) is 11.5 Å². The Balaban J connectivity index is 1.92. The lowest BCUT2D eigenvalue weighted by atomic mass is 9.86. The highest BCUT2D eigenvalue weighted by Gasteiger charge is 2.59. The van der Waals surface area contributed by atoms with Crippen LogP contribution in [0.4, 0.5) is 0 Å². The van der Waals surface area contributed by atoms with Crippen molar-refractivity contribution in [1.29, 1.82) is 0 Å². The molecule has 1 saturated heterocycles. The van der Waals surface area contributed by atoms with Gasteiger partial charge in [0.15, 0.2) is 6.10 Å². The molecule has 236 valence electrons. The van der Waals surface area contributed by atoms with Crippen molar-refractivity contribution in [2.45, 2.75) is 142 Å². The van der Waals surface area contributed by atoms with E-state index in [0.717, 1.165) is 94.3 Å². The number of unbranched alkanes of at least 4 members (excludes halogenated alkanes) is 5. The molecule has 1 fully saturated rings. The molecule has 0 radical (unpaired) electrons. The zero-order valence-electron chi connectivity index (χ0n) is 26.6. The van der Waals surface area contributed by atoms with Crippen molar-refractivity contribution in [1.82, 2.24) is 0 Å². The molecule has 7 heteroatoms. The molecule has 5 atom stereocenters. The summed E-state index contributed by atoms with van der Waals surface area (Å²) in [6.07, 6.45) is 10.5. The molecule has 3 rings (SSSR count). The summed E-state index contributed by atoms with van der Waals surface area (Å²) in [4.78, 5) is 0. The van der Waals surface area contributed by atoms with E-state index in [9.17, 15) is 0 Å². The molecule has 2 heterocycles. The molecule has 0 unspecified atom stereocenters. The number of benzene rings is 1. The maximum absolute atomic E-state index is 6.98. The Morgan fingerprint density at radius 1 is 0.732 bits per heavy atom. The Morgan fingerprint density at radius 2 is 1.34 bits per heavy atom. The summed E-state index contributed by atoms with van der Waals surface area (Å²) in [5.74, 6) is 0.738. The van der Waals surface area contributed by atoms with Crippen LogP contribution in [-0.2, 0) is 30.1 Å². The van der Waals surface area contributed by atoms with Gasteiger partial charge < -0.3 is 33.2 Å². The van der Waals surface area contributed by atoms with Crippen LogP contribution in [0.15, 0.2) is 18.2 Å². The van der Waals surface area contributed by atoms with E-state index in [1.165, 1.54) is 0 Å². The lowest BCUT2D eigenvalue weighted by molar-refractivity contribution is -0.360. The molecule has 1 aromatic rings. The third-order valence-electron chi connectivity index (χ3n) is 7.93. The van der Waals surface area contributed by atoms with Gasteiger partial charge in [-0.15, -0.1) is 0 Å². The number of rotatable bonds is 21. The number of hydrogen-bond acceptors (Lipinski definition) is 7. The predicted octanol–water partition coefficient (Wildman–Crippen LogP) is 7.66. The van der Waals surface area contributed by atoms with Crippen molar-refractivity contribution < 1.29 is 33.2 Å². The Bertz CT molecular complexity index is 833. The topological polar surface area (TPSA) is 64.6 Å². The van der Waals surface area contributed by atoms with Gasteiger partial charge in [0.2, 0.25) is 5.79 Å². The van der Waals surface area contributed by atoms with Crippen molar-refractivity contribution in [3.63, 3.8) is 0 Å². The zero-order chi connectivity index (χ0) is 29.3. The van der Waals surface area contributed by atoms with Gasteiger partial charge in [-0.25, -0.2) is 0 Å². The molecule has 0 saturated carbocycles. The van der Waals surface area contributed by atoms with Crippen LogP contribution in [0.1, 0.15) is 111 Å². The van der Waals surface area contributed by atoms with Gasteiger partial charge in [0.05, 0.1) is 13.2 Å². The minimum Gasteiger partial charge on any atom is -0.494 e. The summed E-state index contributed by atoms with van der Waals surface area (Å²) >= 11 is 0. The number of ether oxygens (including phenoxy) is 7. The molecule has 41 heavy (non-hydrogen) atoms. The van der Waals surface area contributed by atoms with Crippen LogP contribution in [0, 0.1) is 0 Å². The highest BCUT2D eigenvalue weighted by Crippen LogP contribution is 2.45. The average molecular weight is 579 g/mol. The molecular weight excluding hydrogens is 520 g/mol. The van der Waals surface area contributed by atoms with E-state index in [1.807, 2.05) is 12.1 Å². The SMILES string of the molecule is CCCCOC[C@H]1O[C@@]2(CCc3cc(OCCCC)ccc3O2)[C@@H](OCCCC)[C@@H](OCCCC)[C@@H]1OCCCC. The second kappa shape index (κ2) is 19.0. The maximum atomic E-state index is 6.98. The first-order valence-electron chi connectivity index (χ1n) is 16.7. The summed E-state index contributed by atoms with van der Waals surface area (Å²) in [7, 11) is 0. The van der Waals surface area contributed by atoms with Gasteiger partial charge in [0.1, 0.15) is 29.8 Å². The van der Waals surface area contributed by atoms with E-state index in [0.29, 0.717) is 39.5 Å². The van der Waals surface area contributed by atoms with Crippen LogP contribution in [0.2, 0.25) is 0 Å². The summed E-state index contributed by atoms with van der Waals surface area (Å²) in [5, 5.41) is 0. The third kappa shape index (κ3) is 10.1. The van der Waals surface area contributed by atoms with Crippen LogP contribution >= 0.6 is 0 Å². The van der Waals surface area contributed by atoms with Gasteiger partial charge in [0.25, 0.3) is 0 Å². The Hall–Kier alpha value is -1.38. The molecule has 1 aromatic carbocycles. The summed E-state index contributed by atoms with van der Waals surface area (Å²) < 4.78 is 45.9. The predicted molar refractivity (Wildman–Crippen MR) is 163 cm³/mol. The first-order chi connectivity index (χ1) is 20.1. The zero-order valence-corrected chi connectivity index (χ0v) is 26.6. The number of hydrogen-bond donors (Lipinski definition) is 0. The van der Waals surface area contributed by atoms with Gasteiger partial charge in [-0.1, -0.05) is 66.7 Å². The fourth-order valence-corrected chi connectivity index (χ4v) is 5.39. The van der Waals surface area contributed by atoms with E-state index in [1.54, 1.807) is 0 Å². The Morgan fingerprint density at radius 3 is 2.02 bits per heavy atom. The monoisotopic (exact) mass is 578 g/mol. The molecule has 0 N–H and O–H groups in total. The minimum atomic E-state index is -0.981. The summed E-state index contributed by atoms with van der Waals surface area (Å²) in [5.41, 5.74) is 1.14. The van der Waals surface area contributed by atoms with Gasteiger partial charge in [-0.05, 0) is 62.3 Å². The average Bonchev–Trinajstić information content (AvgIpc) is 2.98. The summed E-state index contributed by atoms with van der Waals surface area (Å²) in [6, 6.07) is 6.14. The number of fused-ring (bicyclic) bond motifs is 1. The second-order valence-corrected chi connectivity index (χ2v) is 11.5. The van der Waals surface area contributed by atoms with Crippen molar-refractivity contribution >= 4 is 0 Å². The molecule has 0 aromatic heterocycles. The van der Waals surface area contributed by atoms with E-state index in [-0.39, 0.29) is 18.3 Å². The van der Waals surface area contributed by atoms with Crippen LogP contribution in [0.3, 0.4) is 0 Å². The van der Waals surface area contributed by atoms with Crippen LogP contribution < -0.4 is 9.47 Å². The second-order valence-electron chi connectivity index (χ2n) is 11.5. The molecule has 1 spiro atoms. The first kappa shape index (κ1) is 34.1. The molecule has 2 aliphatic rings. The van der Waals surface area contributed by atoms with E-state index < -0.39 is 11.9 Å². The van der Waals surface area contributed by atoms with E-state index in [4.69, 9.17) is 33.2 Å². The van der Waals surface area contributed by atoms with Crippen LogP contribution in [-0.4, -0.2) is 69.8 Å². The van der Waals surface area contributed by atoms with Crippen LogP contribution in [0.5, 0.6) is 11.5 Å². The lowest BCUT2D eigenvalue weighted by Crippen LogP contribution is -2.70. The molecule has 0 amide bonds. The molecule has 2 aliphatic heterocycles. The Labute approximate surface area is 249 Å². The van der Waals surface area contributed by atoms with Gasteiger partial charge in [0, 0.05) is 32.8 Å². The van der Waals surface area contributed by atoms with Gasteiger partial charge in [-0.3, -0.25) is 0 Å².